The number of nitrogens with zero attached hydrogens (tertiary/aromatic N) is 5. The van der Waals surface area contributed by atoms with Crippen molar-refractivity contribution in [2.45, 2.75) is 0 Å². The Kier molecular flexibility index (Phi) is 3.16. The van der Waals surface area contributed by atoms with Crippen molar-refractivity contribution in [3.63, 3.8) is 0 Å². The molecule has 1 aromatic carbocycles. The minimum absolute atomic E-state index is 0.0941. The van der Waals surface area contributed by atoms with Crippen molar-refractivity contribution < 1.29 is 4.39 Å². The summed E-state index contributed by atoms with van der Waals surface area (Å²) in [5, 5.41) is 0.0941. The van der Waals surface area contributed by atoms with Crippen molar-refractivity contribution in [3.05, 3.63) is 35.4 Å². The van der Waals surface area contributed by atoms with E-state index < -0.39 is 5.82 Å². The molecular weight excluding hydrogens is 305 g/mol. The minimum atomic E-state index is -0.453. The van der Waals surface area contributed by atoms with Gasteiger partial charge in [0.2, 0.25) is 0 Å². The Bertz CT molecular complexity index is 854. The molecule has 0 spiro atoms. The summed E-state index contributed by atoms with van der Waals surface area (Å²) in [7, 11) is 2.10. The van der Waals surface area contributed by atoms with Crippen molar-refractivity contribution in [1.29, 1.82) is 0 Å². The van der Waals surface area contributed by atoms with Crippen LogP contribution in [0, 0.1) is 5.82 Å². The molecule has 0 atom stereocenters. The molecule has 1 saturated heterocycles. The summed E-state index contributed by atoms with van der Waals surface area (Å²) in [5.41, 5.74) is 2.12. The van der Waals surface area contributed by atoms with Crippen molar-refractivity contribution >= 4 is 34.1 Å². The number of rotatable bonds is 1. The summed E-state index contributed by atoms with van der Waals surface area (Å²) in [4.78, 5) is 13.6. The van der Waals surface area contributed by atoms with E-state index in [1.54, 1.807) is 12.3 Å². The number of hydrogen-bond donors (Lipinski definition) is 0. The molecule has 0 aliphatic carbocycles. The maximum atomic E-state index is 13.8. The molecule has 3 aromatic rings. The summed E-state index contributed by atoms with van der Waals surface area (Å²) in [6.07, 6.45) is 3.58. The molecule has 22 heavy (non-hydrogen) atoms. The van der Waals surface area contributed by atoms with Crippen LogP contribution in [0.5, 0.6) is 0 Å². The van der Waals surface area contributed by atoms with Crippen LogP contribution in [0.2, 0.25) is 5.02 Å². The second kappa shape index (κ2) is 5.07. The van der Waals surface area contributed by atoms with Crippen LogP contribution in [0.15, 0.2) is 24.5 Å². The van der Waals surface area contributed by atoms with Crippen LogP contribution in [-0.2, 0) is 0 Å². The molecule has 0 saturated carbocycles. The van der Waals surface area contributed by atoms with E-state index in [-0.39, 0.29) is 5.02 Å². The van der Waals surface area contributed by atoms with Gasteiger partial charge in [0, 0.05) is 44.6 Å². The minimum Gasteiger partial charge on any atom is -0.351 e. The van der Waals surface area contributed by atoms with Gasteiger partial charge in [-0.15, -0.1) is 0 Å². The average molecular weight is 320 g/mol. The Morgan fingerprint density at radius 3 is 2.73 bits per heavy atom. The van der Waals surface area contributed by atoms with Gasteiger partial charge in [-0.05, 0) is 13.1 Å². The molecular formula is C15H15ClFN5. The molecule has 0 N–H and O–H groups in total. The smallest absolute Gasteiger partial charge is 0.180 e. The summed E-state index contributed by atoms with van der Waals surface area (Å²) in [6, 6.07) is 2.98. The number of imidazole rings is 1. The van der Waals surface area contributed by atoms with E-state index in [9.17, 15) is 4.39 Å². The van der Waals surface area contributed by atoms with Crippen molar-refractivity contribution in [1.82, 2.24) is 19.3 Å². The molecule has 1 aliphatic heterocycles. The largest absolute Gasteiger partial charge is 0.351 e. The van der Waals surface area contributed by atoms with Crippen LogP contribution >= 0.6 is 11.6 Å². The van der Waals surface area contributed by atoms with E-state index in [1.807, 2.05) is 10.6 Å². The van der Waals surface area contributed by atoms with E-state index in [0.717, 1.165) is 43.2 Å². The number of benzene rings is 1. The molecule has 0 amide bonds. The lowest BCUT2D eigenvalue weighted by molar-refractivity contribution is 0.312. The third-order valence-corrected chi connectivity index (χ3v) is 4.44. The SMILES string of the molecule is CN1CCN(c2nc3cc(F)c(Cl)cc3n3ccnc23)CC1. The van der Waals surface area contributed by atoms with Gasteiger partial charge in [0.15, 0.2) is 11.5 Å². The zero-order valence-electron chi connectivity index (χ0n) is 12.1. The Labute approximate surface area is 131 Å². The molecule has 3 heterocycles. The lowest BCUT2D eigenvalue weighted by Gasteiger charge is -2.33. The van der Waals surface area contributed by atoms with Crippen LogP contribution in [-0.4, -0.2) is 52.5 Å². The maximum Gasteiger partial charge on any atom is 0.180 e. The van der Waals surface area contributed by atoms with Crippen molar-refractivity contribution in [2.24, 2.45) is 0 Å². The van der Waals surface area contributed by atoms with Gasteiger partial charge in [-0.2, -0.15) is 0 Å². The number of piperazine rings is 1. The van der Waals surface area contributed by atoms with Crippen LogP contribution in [0.1, 0.15) is 0 Å². The van der Waals surface area contributed by atoms with Gasteiger partial charge in [-0.3, -0.25) is 4.40 Å². The number of hydrogen-bond acceptors (Lipinski definition) is 4. The summed E-state index contributed by atoms with van der Waals surface area (Å²) < 4.78 is 15.7. The molecule has 0 bridgehead atoms. The Balaban J connectivity index is 1.93. The number of anilines is 1. The summed E-state index contributed by atoms with van der Waals surface area (Å²) in [6.45, 7) is 3.71. The first-order chi connectivity index (χ1) is 10.6. The number of likely N-dealkylation sites (N-methyl/N-ethyl adjacent to an activating group) is 1. The first-order valence-corrected chi connectivity index (χ1v) is 7.56. The zero-order valence-corrected chi connectivity index (χ0v) is 12.9. The quantitative estimate of drug-likeness (QED) is 0.690. The highest BCUT2D eigenvalue weighted by Gasteiger charge is 2.20. The Hall–Kier alpha value is -1.92. The Morgan fingerprint density at radius 1 is 1.18 bits per heavy atom. The van der Waals surface area contributed by atoms with Crippen LogP contribution in [0.4, 0.5) is 10.2 Å². The molecule has 5 nitrogen and oxygen atoms in total. The summed E-state index contributed by atoms with van der Waals surface area (Å²) >= 11 is 5.91. The topological polar surface area (TPSA) is 36.7 Å². The zero-order chi connectivity index (χ0) is 15.3. The fraction of sp³-hybridized carbons (Fsp3) is 0.333. The highest BCUT2D eigenvalue weighted by atomic mass is 35.5. The van der Waals surface area contributed by atoms with Gasteiger partial charge < -0.3 is 9.80 Å². The highest BCUT2D eigenvalue weighted by Crippen LogP contribution is 2.27. The molecule has 114 valence electrons. The van der Waals surface area contributed by atoms with E-state index in [1.165, 1.54) is 6.07 Å². The van der Waals surface area contributed by atoms with Crippen molar-refractivity contribution in [3.8, 4) is 0 Å². The van der Waals surface area contributed by atoms with Gasteiger partial charge in [-0.1, -0.05) is 11.6 Å². The molecule has 1 aliphatic rings. The molecule has 1 fully saturated rings. The Morgan fingerprint density at radius 2 is 1.95 bits per heavy atom. The molecule has 0 radical (unpaired) electrons. The number of halogens is 2. The monoisotopic (exact) mass is 319 g/mol. The van der Waals surface area contributed by atoms with Crippen LogP contribution in [0.3, 0.4) is 0 Å². The van der Waals surface area contributed by atoms with Gasteiger partial charge in [0.1, 0.15) is 5.82 Å². The van der Waals surface area contributed by atoms with Gasteiger partial charge >= 0.3 is 0 Å². The van der Waals surface area contributed by atoms with Gasteiger partial charge in [0.05, 0.1) is 16.1 Å². The van der Waals surface area contributed by atoms with Crippen molar-refractivity contribution in [2.75, 3.05) is 38.1 Å². The van der Waals surface area contributed by atoms with Gasteiger partial charge in [-0.25, -0.2) is 14.4 Å². The number of fused-ring (bicyclic) bond motifs is 3. The lowest BCUT2D eigenvalue weighted by atomic mass is 10.2. The lowest BCUT2D eigenvalue weighted by Crippen LogP contribution is -2.45. The van der Waals surface area contributed by atoms with Crippen LogP contribution in [0.25, 0.3) is 16.7 Å². The third kappa shape index (κ3) is 2.10. The second-order valence-corrected chi connectivity index (χ2v) is 6.01. The molecule has 7 heteroatoms. The fourth-order valence-corrected chi connectivity index (χ4v) is 3.02. The maximum absolute atomic E-state index is 13.8. The first-order valence-electron chi connectivity index (χ1n) is 7.19. The normalized spacial score (nSPS) is 16.8. The fourth-order valence-electron chi connectivity index (χ4n) is 2.87. The predicted octanol–water partition coefficient (Wildman–Crippen LogP) is 2.43. The number of aromatic nitrogens is 3. The predicted molar refractivity (Wildman–Crippen MR) is 85.2 cm³/mol. The molecule has 0 unspecified atom stereocenters. The van der Waals surface area contributed by atoms with E-state index >= 15 is 0 Å². The van der Waals surface area contributed by atoms with E-state index in [2.05, 4.69) is 26.8 Å². The standard InChI is InChI=1S/C15H15ClFN5/c1-20-4-6-21(7-5-20)15-14-18-2-3-22(14)13-8-10(16)11(17)9-12(13)19-15/h2-3,8-9H,4-7H2,1H3. The molecule has 4 rings (SSSR count). The summed E-state index contributed by atoms with van der Waals surface area (Å²) in [5.74, 6) is 0.345. The van der Waals surface area contributed by atoms with Gasteiger partial charge in [0.25, 0.3) is 0 Å². The highest BCUT2D eigenvalue weighted by molar-refractivity contribution is 6.31. The van der Waals surface area contributed by atoms with Crippen LogP contribution < -0.4 is 4.90 Å². The van der Waals surface area contributed by atoms with E-state index in [0.29, 0.717) is 5.52 Å². The molecule has 2 aromatic heterocycles. The second-order valence-electron chi connectivity index (χ2n) is 5.60. The average Bonchev–Trinajstić information content (AvgIpc) is 2.99. The first kappa shape index (κ1) is 13.7. The van der Waals surface area contributed by atoms with E-state index in [4.69, 9.17) is 11.6 Å². The third-order valence-electron chi connectivity index (χ3n) is 4.15.